The second kappa shape index (κ2) is 4.61. The van der Waals surface area contributed by atoms with Crippen LogP contribution < -0.4 is 0 Å². The zero-order valence-electron chi connectivity index (χ0n) is 10.6. The average molecular weight is 262 g/mol. The SMILES string of the molecule is CCC12CCC([Si](OC)(OC)OC)CC1S2. The molecular weight excluding hydrogens is 240 g/mol. The molecule has 0 amide bonds. The van der Waals surface area contributed by atoms with E-state index < -0.39 is 8.80 Å². The van der Waals surface area contributed by atoms with Crippen molar-refractivity contribution in [3.63, 3.8) is 0 Å². The lowest BCUT2D eigenvalue weighted by Gasteiger charge is -2.35. The molecule has 2 rings (SSSR count). The summed E-state index contributed by atoms with van der Waals surface area (Å²) in [5.41, 5.74) is 0.493. The molecule has 0 aromatic rings. The number of rotatable bonds is 5. The summed E-state index contributed by atoms with van der Waals surface area (Å²) in [7, 11) is 2.78. The zero-order valence-corrected chi connectivity index (χ0v) is 12.4. The van der Waals surface area contributed by atoms with E-state index in [0.717, 1.165) is 5.25 Å². The summed E-state index contributed by atoms with van der Waals surface area (Å²) in [6.45, 7) is 2.31. The highest BCUT2D eigenvalue weighted by Gasteiger charge is 2.61. The van der Waals surface area contributed by atoms with Crippen LogP contribution in [0, 0.1) is 0 Å². The summed E-state index contributed by atoms with van der Waals surface area (Å²) in [5.74, 6) is 0. The van der Waals surface area contributed by atoms with Crippen LogP contribution in [0.4, 0.5) is 0 Å². The molecule has 3 nitrogen and oxygen atoms in total. The van der Waals surface area contributed by atoms with Crippen LogP contribution in [0.25, 0.3) is 0 Å². The van der Waals surface area contributed by atoms with Gasteiger partial charge < -0.3 is 13.3 Å². The average Bonchev–Trinajstić information content (AvgIpc) is 3.06. The molecule has 0 aromatic carbocycles. The molecule has 3 unspecified atom stereocenters. The Kier molecular flexibility index (Phi) is 3.71. The van der Waals surface area contributed by atoms with Crippen LogP contribution in [-0.2, 0) is 13.3 Å². The Labute approximate surface area is 104 Å². The van der Waals surface area contributed by atoms with Crippen molar-refractivity contribution < 1.29 is 13.3 Å². The number of hydrogen-bond acceptors (Lipinski definition) is 4. The normalized spacial score (nSPS) is 38.2. The molecule has 0 spiro atoms. The van der Waals surface area contributed by atoms with Crippen LogP contribution in [0.2, 0.25) is 5.54 Å². The smallest absolute Gasteiger partial charge is 0.377 e. The quantitative estimate of drug-likeness (QED) is 0.562. The highest BCUT2D eigenvalue weighted by atomic mass is 32.2. The highest BCUT2D eigenvalue weighted by Crippen LogP contribution is 2.66. The van der Waals surface area contributed by atoms with Crippen molar-refractivity contribution in [1.29, 1.82) is 0 Å². The maximum Gasteiger partial charge on any atom is 0.503 e. The molecule has 1 saturated heterocycles. The third-order valence-corrected chi connectivity index (χ3v) is 9.43. The molecule has 1 heterocycles. The van der Waals surface area contributed by atoms with Gasteiger partial charge in [0.2, 0.25) is 0 Å². The van der Waals surface area contributed by atoms with Gasteiger partial charge in [0.1, 0.15) is 0 Å². The number of fused-ring (bicyclic) bond motifs is 1. The summed E-state index contributed by atoms with van der Waals surface area (Å²) in [4.78, 5) is 0. The third-order valence-electron chi connectivity index (χ3n) is 4.27. The van der Waals surface area contributed by atoms with Crippen molar-refractivity contribution in [2.24, 2.45) is 0 Å². The van der Waals surface area contributed by atoms with Gasteiger partial charge in [-0.25, -0.2) is 0 Å². The lowest BCUT2D eigenvalue weighted by atomic mass is 9.87. The minimum atomic E-state index is -2.39. The minimum absolute atomic E-state index is 0.493. The second-order valence-electron chi connectivity index (χ2n) is 4.71. The van der Waals surface area contributed by atoms with E-state index in [0.29, 0.717) is 10.3 Å². The first-order valence-electron chi connectivity index (χ1n) is 5.99. The van der Waals surface area contributed by atoms with E-state index >= 15 is 0 Å². The van der Waals surface area contributed by atoms with E-state index in [9.17, 15) is 0 Å². The molecule has 3 atom stereocenters. The van der Waals surface area contributed by atoms with Gasteiger partial charge in [-0.3, -0.25) is 0 Å². The predicted molar refractivity (Wildman–Crippen MR) is 68.8 cm³/mol. The highest BCUT2D eigenvalue weighted by molar-refractivity contribution is 8.08. The van der Waals surface area contributed by atoms with Crippen LogP contribution >= 0.6 is 11.8 Å². The molecule has 1 aliphatic heterocycles. The van der Waals surface area contributed by atoms with E-state index in [1.807, 2.05) is 0 Å². The Balaban J connectivity index is 2.02. The van der Waals surface area contributed by atoms with Crippen molar-refractivity contribution in [3.8, 4) is 0 Å². The molecule has 5 heteroatoms. The summed E-state index contributed by atoms with van der Waals surface area (Å²) in [6, 6.07) is 0. The molecule has 0 bridgehead atoms. The van der Waals surface area contributed by atoms with Crippen molar-refractivity contribution in [2.45, 2.75) is 48.1 Å². The summed E-state index contributed by atoms with van der Waals surface area (Å²) < 4.78 is 17.4. The Morgan fingerprint density at radius 1 is 1.25 bits per heavy atom. The van der Waals surface area contributed by atoms with Gasteiger partial charge in [-0.15, -0.1) is 11.8 Å². The Hall–Kier alpha value is 0.447. The fourth-order valence-corrected chi connectivity index (χ4v) is 7.39. The predicted octanol–water partition coefficient (Wildman–Crippen LogP) is 2.68. The van der Waals surface area contributed by atoms with Gasteiger partial charge >= 0.3 is 8.80 Å². The first kappa shape index (κ1) is 12.9. The van der Waals surface area contributed by atoms with Gasteiger partial charge in [-0.05, 0) is 25.7 Å². The molecule has 2 fully saturated rings. The Bertz CT molecular complexity index is 251. The first-order chi connectivity index (χ1) is 7.66. The van der Waals surface area contributed by atoms with Crippen LogP contribution in [0.1, 0.15) is 32.6 Å². The van der Waals surface area contributed by atoms with E-state index in [1.54, 1.807) is 21.3 Å². The van der Waals surface area contributed by atoms with Crippen molar-refractivity contribution in [1.82, 2.24) is 0 Å². The summed E-state index contributed by atoms with van der Waals surface area (Å²) >= 11 is 2.15. The summed E-state index contributed by atoms with van der Waals surface area (Å²) in [5, 5.41) is 0.823. The third kappa shape index (κ3) is 1.86. The van der Waals surface area contributed by atoms with E-state index in [4.69, 9.17) is 13.3 Å². The maximum absolute atomic E-state index is 5.59. The molecule has 1 aliphatic carbocycles. The zero-order chi connectivity index (χ0) is 11.8. The Morgan fingerprint density at radius 2 is 1.88 bits per heavy atom. The molecule has 0 radical (unpaired) electrons. The fraction of sp³-hybridized carbons (Fsp3) is 1.00. The van der Waals surface area contributed by atoms with E-state index in [-0.39, 0.29) is 0 Å². The van der Waals surface area contributed by atoms with Gasteiger partial charge in [0.25, 0.3) is 0 Å². The molecule has 2 aliphatic rings. The van der Waals surface area contributed by atoms with E-state index in [2.05, 4.69) is 18.7 Å². The van der Waals surface area contributed by atoms with Crippen LogP contribution in [0.5, 0.6) is 0 Å². The monoisotopic (exact) mass is 262 g/mol. The van der Waals surface area contributed by atoms with Crippen LogP contribution in [0.3, 0.4) is 0 Å². The van der Waals surface area contributed by atoms with Crippen molar-refractivity contribution in [2.75, 3.05) is 21.3 Å². The first-order valence-corrected chi connectivity index (χ1v) is 8.68. The van der Waals surface area contributed by atoms with Gasteiger partial charge in [-0.2, -0.15) is 0 Å². The lowest BCUT2D eigenvalue weighted by Crippen LogP contribution is -2.49. The number of hydrogen-bond donors (Lipinski definition) is 0. The van der Waals surface area contributed by atoms with Crippen molar-refractivity contribution >= 4 is 20.6 Å². The Morgan fingerprint density at radius 3 is 2.31 bits per heavy atom. The molecular formula is C11H22O3SSi. The topological polar surface area (TPSA) is 27.7 Å². The fourth-order valence-electron chi connectivity index (χ4n) is 3.09. The minimum Gasteiger partial charge on any atom is -0.377 e. The second-order valence-corrected chi connectivity index (χ2v) is 9.58. The largest absolute Gasteiger partial charge is 0.503 e. The number of thioether (sulfide) groups is 1. The molecule has 94 valence electrons. The standard InChI is InChI=1S/C11H22O3SSi/c1-5-11-7-6-9(8-10(11)15-11)16(12-2,13-3)14-4/h9-10H,5-8H2,1-4H3. The van der Waals surface area contributed by atoms with Gasteiger partial charge in [0.05, 0.1) is 0 Å². The molecule has 0 aromatic heterocycles. The van der Waals surface area contributed by atoms with E-state index in [1.165, 1.54) is 25.7 Å². The molecule has 1 saturated carbocycles. The molecule has 16 heavy (non-hydrogen) atoms. The van der Waals surface area contributed by atoms with Crippen molar-refractivity contribution in [3.05, 3.63) is 0 Å². The van der Waals surface area contributed by atoms with Crippen LogP contribution in [0.15, 0.2) is 0 Å². The van der Waals surface area contributed by atoms with Gasteiger partial charge in [0.15, 0.2) is 0 Å². The maximum atomic E-state index is 5.59. The summed E-state index contributed by atoms with van der Waals surface area (Å²) in [6.07, 6.45) is 5.00. The van der Waals surface area contributed by atoms with Gasteiger partial charge in [0, 0.05) is 36.9 Å². The lowest BCUT2D eigenvalue weighted by molar-refractivity contribution is 0.104. The van der Waals surface area contributed by atoms with Crippen LogP contribution in [-0.4, -0.2) is 40.1 Å². The van der Waals surface area contributed by atoms with Gasteiger partial charge in [-0.1, -0.05) is 6.92 Å². The molecule has 0 N–H and O–H groups in total.